The number of thiophene rings is 1. The van der Waals surface area contributed by atoms with E-state index in [1.165, 1.54) is 58.8 Å². The van der Waals surface area contributed by atoms with E-state index in [0.717, 1.165) is 0 Å². The summed E-state index contributed by atoms with van der Waals surface area (Å²) < 4.78 is 5.14. The number of hydrogen-bond donors (Lipinski definition) is 0. The third-order valence-corrected chi connectivity index (χ3v) is 6.84. The Morgan fingerprint density at radius 1 is 0.607 bits per heavy atom. The van der Waals surface area contributed by atoms with Gasteiger partial charge in [0.25, 0.3) is 0 Å². The normalized spacial score (nSPS) is 11.9. The first-order valence-corrected chi connectivity index (χ1v) is 10.4. The van der Waals surface area contributed by atoms with Gasteiger partial charge in [-0.25, -0.2) is 0 Å². The lowest BCUT2D eigenvalue weighted by Gasteiger charge is -2.08. The first-order valence-electron chi connectivity index (χ1n) is 9.63. The molecule has 6 rings (SSSR count). The Bertz CT molecular complexity index is 1510. The van der Waals surface area contributed by atoms with Gasteiger partial charge in [-0.1, -0.05) is 48.0 Å². The minimum absolute atomic E-state index is 1.21. The minimum atomic E-state index is 1.21. The molecule has 0 radical (unpaired) electrons. The Hall–Kier alpha value is -3.10. The summed E-state index contributed by atoms with van der Waals surface area (Å²) in [7, 11) is 0. The molecule has 0 atom stereocenters. The molecule has 0 spiro atoms. The summed E-state index contributed by atoms with van der Waals surface area (Å²) in [5.41, 5.74) is 6.35. The molecule has 0 aliphatic rings. The molecule has 0 aliphatic heterocycles. The summed E-state index contributed by atoms with van der Waals surface area (Å²) in [5.74, 6) is 0. The summed E-state index contributed by atoms with van der Waals surface area (Å²) in [5, 5.41) is 5.44. The van der Waals surface area contributed by atoms with Crippen molar-refractivity contribution < 1.29 is 0 Å². The Morgan fingerprint density at radius 3 is 2.25 bits per heavy atom. The maximum absolute atomic E-state index is 2.40. The van der Waals surface area contributed by atoms with Crippen molar-refractivity contribution in [1.82, 2.24) is 4.57 Å². The highest BCUT2D eigenvalue weighted by molar-refractivity contribution is 7.26. The van der Waals surface area contributed by atoms with Crippen molar-refractivity contribution in [3.8, 4) is 5.69 Å². The molecule has 0 bridgehead atoms. The SMILES string of the molecule is Cc1ccc(-n2c3ccccc3c3c4c(ccc32)sc2cc(C)ccc24)cc1. The zero-order valence-electron chi connectivity index (χ0n) is 15.9. The molecule has 0 saturated carbocycles. The second kappa shape index (κ2) is 5.70. The van der Waals surface area contributed by atoms with Gasteiger partial charge in [0.05, 0.1) is 11.0 Å². The van der Waals surface area contributed by atoms with Crippen LogP contribution in [0.2, 0.25) is 0 Å². The van der Waals surface area contributed by atoms with Crippen LogP contribution < -0.4 is 0 Å². The molecule has 1 nitrogen and oxygen atoms in total. The summed E-state index contributed by atoms with van der Waals surface area (Å²) in [4.78, 5) is 0. The predicted molar refractivity (Wildman–Crippen MR) is 123 cm³/mol. The van der Waals surface area contributed by atoms with E-state index in [9.17, 15) is 0 Å². The molecule has 0 amide bonds. The quantitative estimate of drug-likeness (QED) is 0.276. The van der Waals surface area contributed by atoms with E-state index in [4.69, 9.17) is 0 Å². The van der Waals surface area contributed by atoms with E-state index in [-0.39, 0.29) is 0 Å². The van der Waals surface area contributed by atoms with Crippen LogP contribution in [0.15, 0.2) is 78.9 Å². The van der Waals surface area contributed by atoms with Gasteiger partial charge < -0.3 is 4.57 Å². The van der Waals surface area contributed by atoms with Gasteiger partial charge in [0, 0.05) is 36.6 Å². The van der Waals surface area contributed by atoms with E-state index in [1.807, 2.05) is 11.3 Å². The van der Waals surface area contributed by atoms with Crippen molar-refractivity contribution in [2.45, 2.75) is 13.8 Å². The van der Waals surface area contributed by atoms with Gasteiger partial charge in [-0.15, -0.1) is 11.3 Å². The van der Waals surface area contributed by atoms with Gasteiger partial charge in [-0.3, -0.25) is 0 Å². The van der Waals surface area contributed by atoms with E-state index < -0.39 is 0 Å². The van der Waals surface area contributed by atoms with Crippen LogP contribution in [0.3, 0.4) is 0 Å². The van der Waals surface area contributed by atoms with E-state index in [0.29, 0.717) is 0 Å². The fourth-order valence-corrected chi connectivity index (χ4v) is 5.62. The highest BCUT2D eigenvalue weighted by Gasteiger charge is 2.17. The van der Waals surface area contributed by atoms with Crippen molar-refractivity contribution in [3.05, 3.63) is 90.0 Å². The van der Waals surface area contributed by atoms with Gasteiger partial charge in [-0.2, -0.15) is 0 Å². The predicted octanol–water partition coefficient (Wildman–Crippen LogP) is 7.77. The lowest BCUT2D eigenvalue weighted by Crippen LogP contribution is -1.93. The first-order chi connectivity index (χ1) is 13.7. The molecule has 0 fully saturated rings. The Morgan fingerprint density at radius 2 is 1.39 bits per heavy atom. The van der Waals surface area contributed by atoms with Gasteiger partial charge in [0.2, 0.25) is 0 Å². The maximum atomic E-state index is 2.40. The average molecular weight is 378 g/mol. The molecular formula is C26H19NS. The Kier molecular flexibility index (Phi) is 3.24. The molecule has 2 heterocycles. The van der Waals surface area contributed by atoms with Crippen LogP contribution in [0.25, 0.3) is 47.7 Å². The molecule has 2 heteroatoms. The zero-order valence-corrected chi connectivity index (χ0v) is 16.7. The lowest BCUT2D eigenvalue weighted by atomic mass is 10.0. The molecule has 134 valence electrons. The summed E-state index contributed by atoms with van der Waals surface area (Å²) in [6, 6.07) is 29.0. The molecular weight excluding hydrogens is 358 g/mol. The fourth-order valence-electron chi connectivity index (χ4n) is 4.40. The third kappa shape index (κ3) is 2.12. The lowest BCUT2D eigenvalue weighted by molar-refractivity contribution is 1.18. The van der Waals surface area contributed by atoms with Crippen molar-refractivity contribution in [3.63, 3.8) is 0 Å². The van der Waals surface area contributed by atoms with E-state index >= 15 is 0 Å². The summed E-state index contributed by atoms with van der Waals surface area (Å²) >= 11 is 1.90. The number of hydrogen-bond acceptors (Lipinski definition) is 1. The second-order valence-electron chi connectivity index (χ2n) is 7.62. The Balaban J connectivity index is 1.86. The largest absolute Gasteiger partial charge is 0.309 e. The van der Waals surface area contributed by atoms with Gasteiger partial charge >= 0.3 is 0 Å². The highest BCUT2D eigenvalue weighted by Crippen LogP contribution is 2.43. The van der Waals surface area contributed by atoms with Crippen LogP contribution in [0, 0.1) is 13.8 Å². The van der Waals surface area contributed by atoms with E-state index in [2.05, 4.69) is 97.3 Å². The topological polar surface area (TPSA) is 4.93 Å². The zero-order chi connectivity index (χ0) is 18.8. The average Bonchev–Trinajstić information content (AvgIpc) is 3.23. The number of nitrogens with zero attached hydrogens (tertiary/aromatic N) is 1. The molecule has 4 aromatic carbocycles. The minimum Gasteiger partial charge on any atom is -0.309 e. The highest BCUT2D eigenvalue weighted by atomic mass is 32.1. The molecule has 28 heavy (non-hydrogen) atoms. The molecule has 0 aliphatic carbocycles. The van der Waals surface area contributed by atoms with Crippen LogP contribution in [0.5, 0.6) is 0 Å². The molecule has 0 saturated heterocycles. The number of para-hydroxylation sites is 1. The van der Waals surface area contributed by atoms with Crippen LogP contribution >= 0.6 is 11.3 Å². The molecule has 6 aromatic rings. The number of fused-ring (bicyclic) bond motifs is 7. The molecule has 2 aromatic heterocycles. The smallest absolute Gasteiger partial charge is 0.0548 e. The molecule has 0 N–H and O–H groups in total. The molecule has 0 unspecified atom stereocenters. The number of aryl methyl sites for hydroxylation is 2. The van der Waals surface area contributed by atoms with Crippen molar-refractivity contribution >= 4 is 53.3 Å². The van der Waals surface area contributed by atoms with Crippen LogP contribution in [0.4, 0.5) is 0 Å². The first kappa shape index (κ1) is 15.9. The third-order valence-electron chi connectivity index (χ3n) is 5.72. The van der Waals surface area contributed by atoms with Crippen molar-refractivity contribution in [1.29, 1.82) is 0 Å². The van der Waals surface area contributed by atoms with Crippen molar-refractivity contribution in [2.75, 3.05) is 0 Å². The van der Waals surface area contributed by atoms with Gasteiger partial charge in [0.15, 0.2) is 0 Å². The van der Waals surface area contributed by atoms with Crippen LogP contribution in [-0.4, -0.2) is 4.57 Å². The monoisotopic (exact) mass is 377 g/mol. The van der Waals surface area contributed by atoms with E-state index in [1.54, 1.807) is 0 Å². The van der Waals surface area contributed by atoms with Gasteiger partial charge in [-0.05, 0) is 55.8 Å². The number of benzene rings is 4. The fraction of sp³-hybridized carbons (Fsp3) is 0.0769. The van der Waals surface area contributed by atoms with Crippen LogP contribution in [0.1, 0.15) is 11.1 Å². The maximum Gasteiger partial charge on any atom is 0.0548 e. The Labute approximate surface area is 167 Å². The summed E-state index contributed by atoms with van der Waals surface area (Å²) in [6.45, 7) is 4.31. The number of rotatable bonds is 1. The van der Waals surface area contributed by atoms with Gasteiger partial charge in [0.1, 0.15) is 0 Å². The summed E-state index contributed by atoms with van der Waals surface area (Å²) in [6.07, 6.45) is 0. The standard InChI is InChI=1S/C26H19NS/c1-16-7-10-18(11-8-16)27-21-6-4-3-5-19(21)25-22(27)13-14-23-26(25)20-12-9-17(2)15-24(20)28-23/h3-15H,1-2H3. The van der Waals surface area contributed by atoms with Crippen LogP contribution in [-0.2, 0) is 0 Å². The van der Waals surface area contributed by atoms with Crippen molar-refractivity contribution in [2.24, 2.45) is 0 Å². The second-order valence-corrected chi connectivity index (χ2v) is 8.71. The number of aromatic nitrogens is 1.